The topological polar surface area (TPSA) is 85.2 Å². The van der Waals surface area contributed by atoms with Crippen LogP contribution in [0.5, 0.6) is 0 Å². The van der Waals surface area contributed by atoms with Gasteiger partial charge in [-0.15, -0.1) is 0 Å². The highest BCUT2D eigenvalue weighted by Gasteiger charge is 2.10. The molecule has 0 aliphatic carbocycles. The maximum Gasteiger partial charge on any atom is 0.260 e. The summed E-state index contributed by atoms with van der Waals surface area (Å²) >= 11 is 0. The summed E-state index contributed by atoms with van der Waals surface area (Å²) in [6.45, 7) is 0.00322. The van der Waals surface area contributed by atoms with E-state index in [1.165, 1.54) is 0 Å². The summed E-state index contributed by atoms with van der Waals surface area (Å²) in [5.74, 6) is 0.868. The minimum Gasteiger partial charge on any atom is -0.398 e. The molecule has 5 nitrogen and oxygen atoms in total. The number of nitrogens with zero attached hydrogens (tertiary/aromatic N) is 2. The van der Waals surface area contributed by atoms with Crippen LogP contribution in [0.2, 0.25) is 0 Å². The van der Waals surface area contributed by atoms with Crippen LogP contribution < -0.4 is 5.73 Å². The lowest BCUT2D eigenvalue weighted by molar-refractivity contribution is 0.293. The summed E-state index contributed by atoms with van der Waals surface area (Å²) in [6.07, 6.45) is 0.385. The SMILES string of the molecule is Nc1ccccc1-c1nc(CCO)no1. The molecule has 0 unspecified atom stereocenters. The third-order valence-electron chi connectivity index (χ3n) is 1.99. The number of benzene rings is 1. The van der Waals surface area contributed by atoms with Crippen LogP contribution in [0.4, 0.5) is 5.69 Å². The lowest BCUT2D eigenvalue weighted by Crippen LogP contribution is -1.93. The van der Waals surface area contributed by atoms with Crippen LogP contribution in [0.15, 0.2) is 28.8 Å². The molecule has 78 valence electrons. The van der Waals surface area contributed by atoms with Crippen molar-refractivity contribution in [1.82, 2.24) is 10.1 Å². The smallest absolute Gasteiger partial charge is 0.260 e. The Bertz CT molecular complexity index is 453. The molecule has 0 fully saturated rings. The zero-order valence-electron chi connectivity index (χ0n) is 8.05. The van der Waals surface area contributed by atoms with Crippen LogP contribution in [-0.4, -0.2) is 21.9 Å². The largest absolute Gasteiger partial charge is 0.398 e. The molecule has 0 saturated carbocycles. The minimum atomic E-state index is 0.00322. The van der Waals surface area contributed by atoms with E-state index in [2.05, 4.69) is 10.1 Å². The molecule has 1 aromatic heterocycles. The Morgan fingerprint density at radius 2 is 2.13 bits per heavy atom. The van der Waals surface area contributed by atoms with Crippen molar-refractivity contribution in [1.29, 1.82) is 0 Å². The van der Waals surface area contributed by atoms with Gasteiger partial charge in [0.05, 0.1) is 12.2 Å². The van der Waals surface area contributed by atoms with Crippen LogP contribution in [0.3, 0.4) is 0 Å². The van der Waals surface area contributed by atoms with E-state index in [0.29, 0.717) is 29.4 Å². The molecule has 3 N–H and O–H groups in total. The van der Waals surface area contributed by atoms with Gasteiger partial charge in [-0.3, -0.25) is 0 Å². The number of aromatic nitrogens is 2. The summed E-state index contributed by atoms with van der Waals surface area (Å²) in [4.78, 5) is 4.11. The molecular formula is C10H11N3O2. The number of hydrogen-bond acceptors (Lipinski definition) is 5. The molecule has 0 bridgehead atoms. The van der Waals surface area contributed by atoms with Crippen molar-refractivity contribution in [3.05, 3.63) is 30.1 Å². The molecule has 0 atom stereocenters. The number of nitrogen functional groups attached to an aromatic ring is 1. The second kappa shape index (κ2) is 4.10. The second-order valence-corrected chi connectivity index (χ2v) is 3.08. The molecule has 0 spiro atoms. The van der Waals surface area contributed by atoms with E-state index in [0.717, 1.165) is 0 Å². The highest BCUT2D eigenvalue weighted by atomic mass is 16.5. The number of nitrogens with two attached hydrogens (primary N) is 1. The average Bonchev–Trinajstić information content (AvgIpc) is 2.68. The van der Waals surface area contributed by atoms with Gasteiger partial charge in [0.25, 0.3) is 5.89 Å². The van der Waals surface area contributed by atoms with Gasteiger partial charge in [-0.2, -0.15) is 4.98 Å². The van der Waals surface area contributed by atoms with Crippen molar-refractivity contribution in [2.45, 2.75) is 6.42 Å². The van der Waals surface area contributed by atoms with Crippen molar-refractivity contribution in [2.24, 2.45) is 0 Å². The van der Waals surface area contributed by atoms with Gasteiger partial charge in [-0.05, 0) is 12.1 Å². The van der Waals surface area contributed by atoms with E-state index >= 15 is 0 Å². The zero-order valence-corrected chi connectivity index (χ0v) is 8.05. The fourth-order valence-electron chi connectivity index (χ4n) is 1.26. The fourth-order valence-corrected chi connectivity index (χ4v) is 1.26. The van der Waals surface area contributed by atoms with Crippen molar-refractivity contribution in [3.8, 4) is 11.5 Å². The van der Waals surface area contributed by atoms with Crippen LogP contribution in [0.1, 0.15) is 5.82 Å². The van der Waals surface area contributed by atoms with Gasteiger partial charge < -0.3 is 15.4 Å². The number of aliphatic hydroxyl groups excluding tert-OH is 1. The third kappa shape index (κ3) is 1.97. The molecule has 0 aliphatic rings. The predicted octanol–water partition coefficient (Wildman–Crippen LogP) is 0.854. The molecule has 0 saturated heterocycles. The Balaban J connectivity index is 2.33. The number of rotatable bonds is 3. The van der Waals surface area contributed by atoms with E-state index < -0.39 is 0 Å². The average molecular weight is 205 g/mol. The maximum atomic E-state index is 8.71. The van der Waals surface area contributed by atoms with Gasteiger partial charge in [0.2, 0.25) is 0 Å². The maximum absolute atomic E-state index is 8.71. The Morgan fingerprint density at radius 1 is 1.33 bits per heavy atom. The van der Waals surface area contributed by atoms with Crippen molar-refractivity contribution in [2.75, 3.05) is 12.3 Å². The quantitative estimate of drug-likeness (QED) is 0.725. The molecule has 0 radical (unpaired) electrons. The third-order valence-corrected chi connectivity index (χ3v) is 1.99. The summed E-state index contributed by atoms with van der Waals surface area (Å²) in [7, 11) is 0. The second-order valence-electron chi connectivity index (χ2n) is 3.08. The lowest BCUT2D eigenvalue weighted by Gasteiger charge is -1.97. The first-order chi connectivity index (χ1) is 7.31. The number of anilines is 1. The Kier molecular flexibility index (Phi) is 2.64. The Morgan fingerprint density at radius 3 is 2.87 bits per heavy atom. The van der Waals surface area contributed by atoms with E-state index in [-0.39, 0.29) is 6.61 Å². The van der Waals surface area contributed by atoms with Gasteiger partial charge in [0, 0.05) is 12.1 Å². The summed E-state index contributed by atoms with van der Waals surface area (Å²) in [6, 6.07) is 7.27. The highest BCUT2D eigenvalue weighted by Crippen LogP contribution is 2.23. The van der Waals surface area contributed by atoms with Crippen LogP contribution in [-0.2, 0) is 6.42 Å². The molecule has 1 aromatic carbocycles. The molecule has 2 rings (SSSR count). The summed E-state index contributed by atoms with van der Waals surface area (Å²) in [5, 5.41) is 12.4. The highest BCUT2D eigenvalue weighted by molar-refractivity contribution is 5.69. The fraction of sp³-hybridized carbons (Fsp3) is 0.200. The monoisotopic (exact) mass is 205 g/mol. The van der Waals surface area contributed by atoms with Gasteiger partial charge in [-0.1, -0.05) is 17.3 Å². The van der Waals surface area contributed by atoms with Crippen LogP contribution in [0.25, 0.3) is 11.5 Å². The molecular weight excluding hydrogens is 194 g/mol. The molecule has 1 heterocycles. The predicted molar refractivity (Wildman–Crippen MR) is 54.9 cm³/mol. The summed E-state index contributed by atoms with van der Waals surface area (Å²) < 4.78 is 5.03. The van der Waals surface area contributed by atoms with Crippen molar-refractivity contribution in [3.63, 3.8) is 0 Å². The number of aliphatic hydroxyl groups is 1. The van der Waals surface area contributed by atoms with Crippen LogP contribution >= 0.6 is 0 Å². The molecule has 15 heavy (non-hydrogen) atoms. The standard InChI is InChI=1S/C10H11N3O2/c11-8-4-2-1-3-7(8)10-12-9(5-6-14)13-15-10/h1-4,14H,5-6,11H2. The first-order valence-electron chi connectivity index (χ1n) is 4.59. The lowest BCUT2D eigenvalue weighted by atomic mass is 10.2. The van der Waals surface area contributed by atoms with Gasteiger partial charge in [0.1, 0.15) is 0 Å². The summed E-state index contributed by atoms with van der Waals surface area (Å²) in [5.41, 5.74) is 7.07. The van der Waals surface area contributed by atoms with Crippen molar-refractivity contribution >= 4 is 5.69 Å². The number of para-hydroxylation sites is 1. The molecule has 0 amide bonds. The van der Waals surface area contributed by atoms with E-state index in [1.807, 2.05) is 18.2 Å². The van der Waals surface area contributed by atoms with Crippen LogP contribution in [0, 0.1) is 0 Å². The molecule has 2 aromatic rings. The molecule has 0 aliphatic heterocycles. The zero-order chi connectivity index (χ0) is 10.7. The first kappa shape index (κ1) is 9.67. The van der Waals surface area contributed by atoms with E-state index in [9.17, 15) is 0 Å². The Labute approximate surface area is 86.5 Å². The van der Waals surface area contributed by atoms with E-state index in [4.69, 9.17) is 15.4 Å². The Hall–Kier alpha value is -1.88. The normalized spacial score (nSPS) is 10.5. The number of hydrogen-bond donors (Lipinski definition) is 2. The van der Waals surface area contributed by atoms with Gasteiger partial charge >= 0.3 is 0 Å². The minimum absolute atomic E-state index is 0.00322. The van der Waals surface area contributed by atoms with Gasteiger partial charge in [-0.25, -0.2) is 0 Å². The van der Waals surface area contributed by atoms with Crippen molar-refractivity contribution < 1.29 is 9.63 Å². The van der Waals surface area contributed by atoms with Gasteiger partial charge in [0.15, 0.2) is 5.82 Å². The van der Waals surface area contributed by atoms with E-state index in [1.54, 1.807) is 6.07 Å². The first-order valence-corrected chi connectivity index (χ1v) is 4.59. The molecule has 5 heteroatoms.